The number of ether oxygens (including phenoxy) is 1. The van der Waals surface area contributed by atoms with Crippen LogP contribution in [0.3, 0.4) is 0 Å². The molecule has 0 aromatic carbocycles. The van der Waals surface area contributed by atoms with Gasteiger partial charge in [-0.25, -0.2) is 0 Å². The fraction of sp³-hybridized carbons (Fsp3) is 0.867. The molecular weight excluding hydrogens is 274 g/mol. The van der Waals surface area contributed by atoms with Crippen molar-refractivity contribution in [2.24, 2.45) is 5.41 Å². The number of carbonyl (C=O) groups excluding carboxylic acids is 1. The first-order chi connectivity index (χ1) is 8.62. The van der Waals surface area contributed by atoms with E-state index in [0.29, 0.717) is 0 Å². The Balaban J connectivity index is -0.000000270. The number of rotatable bonds is 8. The van der Waals surface area contributed by atoms with Gasteiger partial charge in [-0.2, -0.15) is 0 Å². The second-order valence-electron chi connectivity index (χ2n) is 6.34. The fourth-order valence-corrected chi connectivity index (χ4v) is 1.88. The molecule has 0 heterocycles. The molecule has 0 radical (unpaired) electrons. The van der Waals surface area contributed by atoms with E-state index in [2.05, 4.69) is 6.92 Å². The molecule has 0 saturated carbocycles. The van der Waals surface area contributed by atoms with Gasteiger partial charge in [-0.15, -0.1) is 0 Å². The summed E-state index contributed by atoms with van der Waals surface area (Å²) in [6, 6.07) is 0. The van der Waals surface area contributed by atoms with Crippen LogP contribution < -0.4 is 48.4 Å². The zero-order chi connectivity index (χ0) is 15.1. The van der Waals surface area contributed by atoms with E-state index in [0.717, 1.165) is 25.7 Å². The average molecular weight is 304 g/mol. The van der Waals surface area contributed by atoms with E-state index in [1.165, 1.54) is 6.42 Å². The van der Waals surface area contributed by atoms with E-state index >= 15 is 0 Å². The molecule has 1 atom stereocenters. The first-order valence-corrected chi connectivity index (χ1v) is 7.06. The Morgan fingerprint density at radius 3 is 2.00 bits per heavy atom. The molecule has 6 heteroatoms. The second kappa shape index (κ2) is 12.0. The molecule has 0 aromatic heterocycles. The van der Waals surface area contributed by atoms with Gasteiger partial charge >= 0.3 is 60.4 Å². The van der Waals surface area contributed by atoms with Gasteiger partial charge in [-0.3, -0.25) is 9.59 Å². The van der Waals surface area contributed by atoms with Gasteiger partial charge in [0.1, 0.15) is 12.0 Å². The molecule has 0 rings (SSSR count). The minimum Gasteiger partial charge on any atom is -1.00 e. The molecule has 21 heavy (non-hydrogen) atoms. The number of carbonyl (C=O) groups is 2. The SMILES string of the molecule is CCCCCCC(C)(OC(=O)CC(=O)O)C(C)(C)C.[H-].[H-].[Li+].[Na+]. The summed E-state index contributed by atoms with van der Waals surface area (Å²) in [4.78, 5) is 22.1. The van der Waals surface area contributed by atoms with Gasteiger partial charge in [-0.05, 0) is 19.8 Å². The van der Waals surface area contributed by atoms with E-state index in [-0.39, 0.29) is 56.7 Å². The average Bonchev–Trinajstić information content (AvgIpc) is 2.21. The summed E-state index contributed by atoms with van der Waals surface area (Å²) in [6.45, 7) is 10.1. The van der Waals surface area contributed by atoms with E-state index < -0.39 is 24.0 Å². The maximum atomic E-state index is 11.6. The summed E-state index contributed by atoms with van der Waals surface area (Å²) in [7, 11) is 0. The number of carboxylic acid groups (broad SMARTS) is 1. The molecule has 1 unspecified atom stereocenters. The normalized spacial score (nSPS) is 13.4. The van der Waals surface area contributed by atoms with Crippen LogP contribution >= 0.6 is 0 Å². The third-order valence-electron chi connectivity index (χ3n) is 3.73. The summed E-state index contributed by atoms with van der Waals surface area (Å²) in [5.74, 6) is -1.80. The van der Waals surface area contributed by atoms with E-state index in [9.17, 15) is 9.59 Å². The van der Waals surface area contributed by atoms with Crippen LogP contribution in [-0.2, 0) is 14.3 Å². The molecular formula is C15H30LiNaO4. The zero-order valence-electron chi connectivity index (χ0n) is 16.9. The van der Waals surface area contributed by atoms with Crippen molar-refractivity contribution in [3.8, 4) is 0 Å². The summed E-state index contributed by atoms with van der Waals surface area (Å²) < 4.78 is 5.47. The van der Waals surface area contributed by atoms with Gasteiger partial charge in [0.05, 0.1) is 0 Å². The number of carboxylic acids is 1. The Morgan fingerprint density at radius 2 is 1.62 bits per heavy atom. The Bertz CT molecular complexity index is 325. The Morgan fingerprint density at radius 1 is 1.10 bits per heavy atom. The minimum absolute atomic E-state index is 0. The molecule has 0 amide bonds. The number of hydrogen-bond donors (Lipinski definition) is 1. The molecule has 0 aliphatic carbocycles. The van der Waals surface area contributed by atoms with Crippen molar-refractivity contribution in [3.05, 3.63) is 0 Å². The third-order valence-corrected chi connectivity index (χ3v) is 3.73. The number of esters is 1. The van der Waals surface area contributed by atoms with Gasteiger partial charge in [0.25, 0.3) is 0 Å². The van der Waals surface area contributed by atoms with Gasteiger partial charge in [0, 0.05) is 5.41 Å². The van der Waals surface area contributed by atoms with E-state index in [4.69, 9.17) is 9.84 Å². The smallest absolute Gasteiger partial charge is 1.00 e. The van der Waals surface area contributed by atoms with Crippen LogP contribution in [0.4, 0.5) is 0 Å². The van der Waals surface area contributed by atoms with Crippen LogP contribution in [-0.4, -0.2) is 22.6 Å². The maximum absolute atomic E-state index is 11.6. The molecule has 0 aliphatic rings. The number of aliphatic carboxylic acids is 1. The molecule has 0 aliphatic heterocycles. The first-order valence-electron chi connectivity index (χ1n) is 7.06. The summed E-state index contributed by atoms with van der Waals surface area (Å²) in [5.41, 5.74) is -0.833. The Kier molecular flexibility index (Phi) is 15.1. The number of unbranched alkanes of at least 4 members (excludes halogenated alkanes) is 3. The largest absolute Gasteiger partial charge is 1.00 e. The van der Waals surface area contributed by atoms with Crippen molar-refractivity contribution in [1.82, 2.24) is 0 Å². The van der Waals surface area contributed by atoms with Crippen LogP contribution in [0, 0.1) is 5.41 Å². The molecule has 0 saturated heterocycles. The van der Waals surface area contributed by atoms with Crippen LogP contribution in [0.15, 0.2) is 0 Å². The quantitative estimate of drug-likeness (QED) is 0.244. The van der Waals surface area contributed by atoms with E-state index in [1.54, 1.807) is 0 Å². The Labute approximate surface area is 166 Å². The maximum Gasteiger partial charge on any atom is 1.00 e. The molecule has 0 aromatic rings. The summed E-state index contributed by atoms with van der Waals surface area (Å²) in [6.07, 6.45) is 4.62. The van der Waals surface area contributed by atoms with Crippen LogP contribution in [0.1, 0.15) is 76.0 Å². The molecule has 0 spiro atoms. The van der Waals surface area contributed by atoms with Crippen molar-refractivity contribution < 1.29 is 70.7 Å². The zero-order valence-corrected chi connectivity index (χ0v) is 16.9. The Hall–Kier alpha value is 0.537. The molecule has 116 valence electrons. The molecule has 0 bridgehead atoms. The predicted octanol–water partition coefficient (Wildman–Crippen LogP) is -1.99. The van der Waals surface area contributed by atoms with E-state index in [1.807, 2.05) is 27.7 Å². The van der Waals surface area contributed by atoms with Crippen molar-refractivity contribution >= 4 is 11.9 Å². The number of hydrogen-bond acceptors (Lipinski definition) is 3. The first kappa shape index (κ1) is 26.4. The third kappa shape index (κ3) is 10.8. The summed E-state index contributed by atoms with van der Waals surface area (Å²) in [5, 5.41) is 8.63. The van der Waals surface area contributed by atoms with Crippen molar-refractivity contribution in [2.45, 2.75) is 78.7 Å². The standard InChI is InChI=1S/C15H28O4.Li.Na.2H/c1-6-7-8-9-10-15(5,14(2,3)4)19-13(18)11-12(16)17;;;;/h6-11H2,1-5H3,(H,16,17);;;;/q;2*+1;2*-1. The fourth-order valence-electron chi connectivity index (χ4n) is 1.88. The molecule has 0 fully saturated rings. The van der Waals surface area contributed by atoms with Crippen molar-refractivity contribution in [1.29, 1.82) is 0 Å². The second-order valence-corrected chi connectivity index (χ2v) is 6.34. The monoisotopic (exact) mass is 304 g/mol. The van der Waals surface area contributed by atoms with Gasteiger partial charge in [0.15, 0.2) is 0 Å². The van der Waals surface area contributed by atoms with Gasteiger partial charge < -0.3 is 12.7 Å². The topological polar surface area (TPSA) is 63.6 Å². The van der Waals surface area contributed by atoms with Crippen LogP contribution in [0.25, 0.3) is 0 Å². The summed E-state index contributed by atoms with van der Waals surface area (Å²) >= 11 is 0. The minimum atomic E-state index is -1.15. The van der Waals surface area contributed by atoms with Crippen molar-refractivity contribution in [3.63, 3.8) is 0 Å². The molecule has 1 N–H and O–H groups in total. The molecule has 4 nitrogen and oxygen atoms in total. The van der Waals surface area contributed by atoms with Crippen molar-refractivity contribution in [2.75, 3.05) is 0 Å². The van der Waals surface area contributed by atoms with Gasteiger partial charge in [-0.1, -0.05) is 47.0 Å². The van der Waals surface area contributed by atoms with Crippen LogP contribution in [0.2, 0.25) is 0 Å². The van der Waals surface area contributed by atoms with Crippen LogP contribution in [0.5, 0.6) is 0 Å². The predicted molar refractivity (Wildman–Crippen MR) is 77.2 cm³/mol. The van der Waals surface area contributed by atoms with Gasteiger partial charge in [0.2, 0.25) is 0 Å².